The molecule has 2 aliphatic heterocycles. The van der Waals surface area contributed by atoms with Gasteiger partial charge in [-0.3, -0.25) is 4.79 Å². The summed E-state index contributed by atoms with van der Waals surface area (Å²) in [5.74, 6) is 1.42. The molecule has 0 bridgehead atoms. The predicted octanol–water partition coefficient (Wildman–Crippen LogP) is 4.39. The average molecular weight is 425 g/mol. The first kappa shape index (κ1) is 20.8. The lowest BCUT2D eigenvalue weighted by molar-refractivity contribution is -0.147. The molecule has 1 aliphatic carbocycles. The lowest BCUT2D eigenvalue weighted by atomic mass is 9.94. The Labute approximate surface area is 185 Å². The molecular formula is C25H36N4O2. The summed E-state index contributed by atoms with van der Waals surface area (Å²) >= 11 is 0. The zero-order valence-corrected chi connectivity index (χ0v) is 19.0. The number of anilines is 1. The molecule has 5 rings (SSSR count). The van der Waals surface area contributed by atoms with Crippen LogP contribution in [0.1, 0.15) is 64.8 Å². The molecule has 6 heteroatoms. The average Bonchev–Trinajstić information content (AvgIpc) is 3.18. The SMILES string of the molecule is CC1CN(C(=O)C2CCCN(c3nc4ccccc4n3C3CCCCC3)C2)CC(C)O1. The molecular weight excluding hydrogens is 388 g/mol. The van der Waals surface area contributed by atoms with Gasteiger partial charge in [-0.1, -0.05) is 31.4 Å². The number of ether oxygens (including phenoxy) is 1. The zero-order valence-electron chi connectivity index (χ0n) is 19.0. The van der Waals surface area contributed by atoms with Crippen LogP contribution < -0.4 is 4.90 Å². The van der Waals surface area contributed by atoms with Crippen molar-refractivity contribution in [3.8, 4) is 0 Å². The summed E-state index contributed by atoms with van der Waals surface area (Å²) in [6.45, 7) is 7.30. The third-order valence-corrected chi connectivity index (χ3v) is 7.30. The molecule has 2 aromatic rings. The first-order chi connectivity index (χ1) is 15.1. The summed E-state index contributed by atoms with van der Waals surface area (Å²) in [4.78, 5) is 22.9. The standard InChI is InChI=1S/C25H36N4O2/c1-18-15-28(16-19(2)31-18)24(30)20-9-8-14-27(17-20)25-26-22-12-6-7-13-23(22)29(25)21-10-4-3-5-11-21/h6-7,12-13,18-21H,3-5,8-11,14-17H2,1-2H3. The second kappa shape index (κ2) is 8.81. The van der Waals surface area contributed by atoms with E-state index >= 15 is 0 Å². The number of carbonyl (C=O) groups excluding carboxylic acids is 1. The summed E-state index contributed by atoms with van der Waals surface area (Å²) in [5.41, 5.74) is 2.32. The van der Waals surface area contributed by atoms with E-state index in [1.165, 1.54) is 37.6 Å². The monoisotopic (exact) mass is 424 g/mol. The Bertz CT molecular complexity index is 909. The third kappa shape index (κ3) is 4.19. The van der Waals surface area contributed by atoms with Crippen molar-refractivity contribution in [3.63, 3.8) is 0 Å². The third-order valence-electron chi connectivity index (χ3n) is 7.30. The normalized spacial score (nSPS) is 28.3. The molecule has 3 aliphatic rings. The van der Waals surface area contributed by atoms with Gasteiger partial charge in [-0.25, -0.2) is 4.98 Å². The van der Waals surface area contributed by atoms with Gasteiger partial charge in [-0.2, -0.15) is 0 Å². The minimum Gasteiger partial charge on any atom is -0.372 e. The van der Waals surface area contributed by atoms with Gasteiger partial charge in [0.05, 0.1) is 29.2 Å². The molecule has 3 atom stereocenters. The summed E-state index contributed by atoms with van der Waals surface area (Å²) in [6.07, 6.45) is 8.63. The predicted molar refractivity (Wildman–Crippen MR) is 123 cm³/mol. The highest BCUT2D eigenvalue weighted by atomic mass is 16.5. The number of piperidine rings is 1. The lowest BCUT2D eigenvalue weighted by Gasteiger charge is -2.40. The van der Waals surface area contributed by atoms with Crippen LogP contribution in [0, 0.1) is 5.92 Å². The number of hydrogen-bond acceptors (Lipinski definition) is 4. The Hall–Kier alpha value is -2.08. The van der Waals surface area contributed by atoms with Crippen LogP contribution in [0.25, 0.3) is 11.0 Å². The Balaban J connectivity index is 1.40. The maximum Gasteiger partial charge on any atom is 0.227 e. The minimum atomic E-state index is 0.0471. The van der Waals surface area contributed by atoms with Gasteiger partial charge < -0.3 is 19.1 Å². The number of carbonyl (C=O) groups is 1. The maximum atomic E-state index is 13.4. The van der Waals surface area contributed by atoms with E-state index in [0.29, 0.717) is 25.0 Å². The second-order valence-electron chi connectivity index (χ2n) is 9.85. The first-order valence-corrected chi connectivity index (χ1v) is 12.3. The molecule has 0 N–H and O–H groups in total. The molecule has 0 spiro atoms. The number of rotatable bonds is 3. The molecule has 3 fully saturated rings. The van der Waals surface area contributed by atoms with E-state index in [1.54, 1.807) is 0 Å². The molecule has 168 valence electrons. The van der Waals surface area contributed by atoms with Crippen LogP contribution in [0.5, 0.6) is 0 Å². The van der Waals surface area contributed by atoms with Gasteiger partial charge in [-0.05, 0) is 51.7 Å². The van der Waals surface area contributed by atoms with Crippen LogP contribution in [0.2, 0.25) is 0 Å². The maximum absolute atomic E-state index is 13.4. The van der Waals surface area contributed by atoms with E-state index in [-0.39, 0.29) is 18.1 Å². The van der Waals surface area contributed by atoms with Crippen LogP contribution in [-0.2, 0) is 9.53 Å². The minimum absolute atomic E-state index is 0.0471. The summed E-state index contributed by atoms with van der Waals surface area (Å²) < 4.78 is 8.34. The van der Waals surface area contributed by atoms with Crippen LogP contribution >= 0.6 is 0 Å². The number of hydrogen-bond donors (Lipinski definition) is 0. The largest absolute Gasteiger partial charge is 0.372 e. The first-order valence-electron chi connectivity index (χ1n) is 12.3. The molecule has 3 unspecified atom stereocenters. The van der Waals surface area contributed by atoms with Crippen molar-refractivity contribution in [2.24, 2.45) is 5.92 Å². The Kier molecular flexibility index (Phi) is 5.91. The van der Waals surface area contributed by atoms with Crippen molar-refractivity contribution >= 4 is 22.9 Å². The highest BCUT2D eigenvalue weighted by Gasteiger charge is 2.35. The summed E-state index contributed by atoms with van der Waals surface area (Å²) in [7, 11) is 0. The van der Waals surface area contributed by atoms with Gasteiger partial charge in [0.2, 0.25) is 11.9 Å². The summed E-state index contributed by atoms with van der Waals surface area (Å²) in [6, 6.07) is 9.06. The Morgan fingerprint density at radius 1 is 0.968 bits per heavy atom. The molecule has 1 amide bonds. The van der Waals surface area contributed by atoms with E-state index in [2.05, 4.69) is 47.6 Å². The van der Waals surface area contributed by atoms with Crippen LogP contribution in [0.15, 0.2) is 24.3 Å². The van der Waals surface area contributed by atoms with Crippen molar-refractivity contribution < 1.29 is 9.53 Å². The van der Waals surface area contributed by atoms with Crippen LogP contribution in [0.4, 0.5) is 5.95 Å². The fourth-order valence-corrected chi connectivity index (χ4v) is 5.93. The quantitative estimate of drug-likeness (QED) is 0.733. The van der Waals surface area contributed by atoms with Crippen LogP contribution in [-0.4, -0.2) is 58.7 Å². The van der Waals surface area contributed by atoms with Crippen molar-refractivity contribution in [2.75, 3.05) is 31.1 Å². The Morgan fingerprint density at radius 2 is 1.71 bits per heavy atom. The van der Waals surface area contributed by atoms with Gasteiger partial charge in [0.25, 0.3) is 0 Å². The van der Waals surface area contributed by atoms with Crippen molar-refractivity contribution in [2.45, 2.75) is 77.0 Å². The van der Waals surface area contributed by atoms with E-state index in [1.807, 2.05) is 4.90 Å². The van der Waals surface area contributed by atoms with Gasteiger partial charge in [0.1, 0.15) is 0 Å². The highest BCUT2D eigenvalue weighted by Crippen LogP contribution is 2.36. The van der Waals surface area contributed by atoms with E-state index in [4.69, 9.17) is 9.72 Å². The Morgan fingerprint density at radius 3 is 2.48 bits per heavy atom. The van der Waals surface area contributed by atoms with Gasteiger partial charge in [-0.15, -0.1) is 0 Å². The van der Waals surface area contributed by atoms with E-state index < -0.39 is 0 Å². The van der Waals surface area contributed by atoms with Crippen molar-refractivity contribution in [1.82, 2.24) is 14.5 Å². The molecule has 0 radical (unpaired) electrons. The van der Waals surface area contributed by atoms with Gasteiger partial charge in [0.15, 0.2) is 0 Å². The fraction of sp³-hybridized carbons (Fsp3) is 0.680. The number of imidazole rings is 1. The number of para-hydroxylation sites is 2. The molecule has 1 saturated carbocycles. The molecule has 31 heavy (non-hydrogen) atoms. The van der Waals surface area contributed by atoms with Crippen molar-refractivity contribution in [1.29, 1.82) is 0 Å². The molecule has 6 nitrogen and oxygen atoms in total. The molecule has 1 aromatic heterocycles. The van der Waals surface area contributed by atoms with Gasteiger partial charge >= 0.3 is 0 Å². The molecule has 1 aromatic carbocycles. The van der Waals surface area contributed by atoms with E-state index in [0.717, 1.165) is 37.4 Å². The number of amides is 1. The molecule has 3 heterocycles. The number of benzene rings is 1. The molecule has 2 saturated heterocycles. The lowest BCUT2D eigenvalue weighted by Crippen LogP contribution is -2.52. The number of aromatic nitrogens is 2. The van der Waals surface area contributed by atoms with Crippen molar-refractivity contribution in [3.05, 3.63) is 24.3 Å². The summed E-state index contributed by atoms with van der Waals surface area (Å²) in [5, 5.41) is 0. The second-order valence-corrected chi connectivity index (χ2v) is 9.85. The zero-order chi connectivity index (χ0) is 21.4. The van der Waals surface area contributed by atoms with Gasteiger partial charge in [0, 0.05) is 32.2 Å². The van der Waals surface area contributed by atoms with E-state index in [9.17, 15) is 4.79 Å². The highest BCUT2D eigenvalue weighted by molar-refractivity contribution is 5.81. The van der Waals surface area contributed by atoms with Crippen LogP contribution in [0.3, 0.4) is 0 Å². The number of morpholine rings is 1. The number of fused-ring (bicyclic) bond motifs is 1. The number of nitrogens with zero attached hydrogens (tertiary/aromatic N) is 4. The fourth-order valence-electron chi connectivity index (χ4n) is 5.93. The topological polar surface area (TPSA) is 50.6 Å². The smallest absolute Gasteiger partial charge is 0.227 e.